The van der Waals surface area contributed by atoms with Crippen molar-refractivity contribution in [3.63, 3.8) is 0 Å². The van der Waals surface area contributed by atoms with Crippen LogP contribution < -0.4 is 0 Å². The molecule has 4 aromatic rings. The van der Waals surface area contributed by atoms with Crippen molar-refractivity contribution in [2.45, 2.75) is 31.7 Å². The maximum atomic E-state index is 10.1. The molecule has 5 heteroatoms. The van der Waals surface area contributed by atoms with E-state index in [0.29, 0.717) is 11.7 Å². The maximum Gasteiger partial charge on any atom is 0.119 e. The molecule has 2 atom stereocenters. The Morgan fingerprint density at radius 3 is 2.76 bits per heavy atom. The van der Waals surface area contributed by atoms with E-state index in [1.165, 1.54) is 16.7 Å². The summed E-state index contributed by atoms with van der Waals surface area (Å²) in [7, 11) is 0. The largest absolute Gasteiger partial charge is 0.508 e. The number of hydrogen-bond donors (Lipinski definition) is 2. The fourth-order valence-corrected chi connectivity index (χ4v) is 4.55. The first-order valence-electron chi connectivity index (χ1n) is 10.1. The van der Waals surface area contributed by atoms with Crippen molar-refractivity contribution >= 4 is 0 Å². The third-order valence-corrected chi connectivity index (χ3v) is 5.98. The van der Waals surface area contributed by atoms with Crippen molar-refractivity contribution in [3.05, 3.63) is 101 Å². The Morgan fingerprint density at radius 2 is 1.93 bits per heavy atom. The fourth-order valence-electron chi connectivity index (χ4n) is 4.55. The van der Waals surface area contributed by atoms with Gasteiger partial charge >= 0.3 is 0 Å². The van der Waals surface area contributed by atoms with Crippen LogP contribution in [0, 0.1) is 5.92 Å². The lowest BCUT2D eigenvalue weighted by Crippen LogP contribution is -2.19. The SMILES string of the molecule is Oc1cccc2c1CCC(Cn1cc(C(c3ccccc3)c3cn[nH]c3)cn1)C2. The van der Waals surface area contributed by atoms with Crippen LogP contribution in [0.3, 0.4) is 0 Å². The number of nitrogens with one attached hydrogen (secondary N) is 1. The zero-order chi connectivity index (χ0) is 19.6. The van der Waals surface area contributed by atoms with Crippen molar-refractivity contribution in [1.29, 1.82) is 0 Å². The molecule has 2 aromatic carbocycles. The molecule has 0 saturated heterocycles. The molecular formula is C24H24N4O. The standard InChI is InChI=1S/C24H24N4O/c29-23-8-4-7-19-11-17(9-10-22(19)23)15-28-16-21(14-27-28)24(20-12-25-26-13-20)18-5-2-1-3-6-18/h1-8,12-14,16-17,24,29H,9-11,15H2,(H,25,26). The number of rotatable bonds is 5. The molecule has 5 nitrogen and oxygen atoms in total. The second kappa shape index (κ2) is 7.59. The van der Waals surface area contributed by atoms with Crippen LogP contribution in [0.4, 0.5) is 0 Å². The van der Waals surface area contributed by atoms with Gasteiger partial charge in [0.1, 0.15) is 5.75 Å². The van der Waals surface area contributed by atoms with Gasteiger partial charge in [-0.2, -0.15) is 10.2 Å². The van der Waals surface area contributed by atoms with Crippen molar-refractivity contribution in [2.75, 3.05) is 0 Å². The van der Waals surface area contributed by atoms with E-state index in [9.17, 15) is 5.11 Å². The lowest BCUT2D eigenvalue weighted by molar-refractivity contribution is 0.368. The third kappa shape index (κ3) is 3.56. The number of aromatic nitrogens is 4. The van der Waals surface area contributed by atoms with Gasteiger partial charge in [-0.05, 0) is 47.9 Å². The topological polar surface area (TPSA) is 66.7 Å². The van der Waals surface area contributed by atoms with Crippen LogP contribution in [0.25, 0.3) is 0 Å². The summed E-state index contributed by atoms with van der Waals surface area (Å²) in [5.74, 6) is 1.09. The van der Waals surface area contributed by atoms with Crippen LogP contribution >= 0.6 is 0 Å². The van der Waals surface area contributed by atoms with E-state index in [-0.39, 0.29) is 5.92 Å². The monoisotopic (exact) mass is 384 g/mol. The van der Waals surface area contributed by atoms with Gasteiger partial charge < -0.3 is 5.11 Å². The summed E-state index contributed by atoms with van der Waals surface area (Å²) in [5, 5.41) is 21.8. The zero-order valence-corrected chi connectivity index (χ0v) is 16.2. The van der Waals surface area contributed by atoms with Gasteiger partial charge in [-0.1, -0.05) is 42.5 Å². The van der Waals surface area contributed by atoms with Gasteiger partial charge in [0.25, 0.3) is 0 Å². The van der Waals surface area contributed by atoms with Crippen molar-refractivity contribution in [2.24, 2.45) is 5.92 Å². The number of nitrogens with zero attached hydrogens (tertiary/aromatic N) is 3. The van der Waals surface area contributed by atoms with E-state index >= 15 is 0 Å². The number of phenolic OH excluding ortho intramolecular Hbond substituents is 1. The van der Waals surface area contributed by atoms with Crippen molar-refractivity contribution < 1.29 is 5.11 Å². The van der Waals surface area contributed by atoms with Gasteiger partial charge in [-0.3, -0.25) is 9.78 Å². The summed E-state index contributed by atoms with van der Waals surface area (Å²) in [6, 6.07) is 16.4. The summed E-state index contributed by atoms with van der Waals surface area (Å²) in [6.45, 7) is 0.891. The molecule has 2 unspecified atom stereocenters. The Balaban J connectivity index is 1.37. The van der Waals surface area contributed by atoms with Crippen LogP contribution in [0.1, 0.15) is 40.2 Å². The minimum Gasteiger partial charge on any atom is -0.508 e. The summed E-state index contributed by atoms with van der Waals surface area (Å²) in [4.78, 5) is 0. The second-order valence-corrected chi connectivity index (χ2v) is 7.89. The van der Waals surface area contributed by atoms with Crippen LogP contribution in [-0.4, -0.2) is 25.1 Å². The van der Waals surface area contributed by atoms with Gasteiger partial charge in [0.05, 0.1) is 12.4 Å². The molecule has 0 bridgehead atoms. The smallest absolute Gasteiger partial charge is 0.119 e. The Bertz CT molecular complexity index is 1090. The van der Waals surface area contributed by atoms with Crippen LogP contribution in [0.2, 0.25) is 0 Å². The first-order chi connectivity index (χ1) is 14.3. The van der Waals surface area contributed by atoms with Gasteiger partial charge in [0.15, 0.2) is 0 Å². The molecule has 0 saturated carbocycles. The molecule has 29 heavy (non-hydrogen) atoms. The molecule has 2 N–H and O–H groups in total. The lowest BCUT2D eigenvalue weighted by atomic mass is 9.83. The van der Waals surface area contributed by atoms with Gasteiger partial charge in [-0.15, -0.1) is 0 Å². The van der Waals surface area contributed by atoms with E-state index in [1.54, 1.807) is 6.07 Å². The summed E-state index contributed by atoms with van der Waals surface area (Å²) >= 11 is 0. The zero-order valence-electron chi connectivity index (χ0n) is 16.2. The molecule has 1 aliphatic rings. The quantitative estimate of drug-likeness (QED) is 0.539. The Hall–Kier alpha value is -3.34. The van der Waals surface area contributed by atoms with E-state index in [4.69, 9.17) is 0 Å². The molecule has 0 fully saturated rings. The fraction of sp³-hybridized carbons (Fsp3) is 0.250. The maximum absolute atomic E-state index is 10.1. The van der Waals surface area contributed by atoms with Crippen LogP contribution in [0.5, 0.6) is 5.75 Å². The predicted molar refractivity (Wildman–Crippen MR) is 112 cm³/mol. The number of H-pyrrole nitrogens is 1. The molecule has 5 rings (SSSR count). The highest BCUT2D eigenvalue weighted by atomic mass is 16.3. The van der Waals surface area contributed by atoms with Gasteiger partial charge in [0, 0.05) is 36.0 Å². The molecule has 146 valence electrons. The van der Waals surface area contributed by atoms with E-state index in [1.807, 2.05) is 30.7 Å². The number of aromatic amines is 1. The predicted octanol–water partition coefficient (Wildman–Crippen LogP) is 4.30. The molecule has 2 heterocycles. The molecule has 1 aliphatic carbocycles. The minimum absolute atomic E-state index is 0.118. The van der Waals surface area contributed by atoms with E-state index in [0.717, 1.165) is 36.9 Å². The molecule has 2 aromatic heterocycles. The normalized spacial score (nSPS) is 17.0. The third-order valence-electron chi connectivity index (χ3n) is 5.98. The Labute approximate surface area is 170 Å². The van der Waals surface area contributed by atoms with Crippen LogP contribution in [-0.2, 0) is 19.4 Å². The molecule has 0 aliphatic heterocycles. The van der Waals surface area contributed by atoms with E-state index in [2.05, 4.69) is 56.5 Å². The lowest BCUT2D eigenvalue weighted by Gasteiger charge is -2.25. The highest BCUT2D eigenvalue weighted by molar-refractivity contribution is 5.41. The van der Waals surface area contributed by atoms with E-state index < -0.39 is 0 Å². The first-order valence-corrected chi connectivity index (χ1v) is 10.1. The second-order valence-electron chi connectivity index (χ2n) is 7.89. The van der Waals surface area contributed by atoms with Crippen LogP contribution in [0.15, 0.2) is 73.3 Å². The minimum atomic E-state index is 0.118. The number of hydrogen-bond acceptors (Lipinski definition) is 3. The molecular weight excluding hydrogens is 360 g/mol. The number of phenols is 1. The molecule has 0 spiro atoms. The average Bonchev–Trinajstić information content (AvgIpc) is 3.42. The molecule has 0 radical (unpaired) electrons. The van der Waals surface area contributed by atoms with Gasteiger partial charge in [0.2, 0.25) is 0 Å². The Morgan fingerprint density at radius 1 is 1.03 bits per heavy atom. The number of fused-ring (bicyclic) bond motifs is 1. The van der Waals surface area contributed by atoms with Crippen molar-refractivity contribution in [1.82, 2.24) is 20.0 Å². The first kappa shape index (κ1) is 17.7. The summed E-state index contributed by atoms with van der Waals surface area (Å²) in [5.41, 5.74) is 5.93. The summed E-state index contributed by atoms with van der Waals surface area (Å²) < 4.78 is 2.07. The number of aromatic hydroxyl groups is 1. The molecule has 0 amide bonds. The Kier molecular flexibility index (Phi) is 4.64. The average molecular weight is 384 g/mol. The van der Waals surface area contributed by atoms with Gasteiger partial charge in [-0.25, -0.2) is 0 Å². The summed E-state index contributed by atoms with van der Waals surface area (Å²) in [6.07, 6.45) is 11.0. The highest BCUT2D eigenvalue weighted by Crippen LogP contribution is 2.33. The highest BCUT2D eigenvalue weighted by Gasteiger charge is 2.23. The van der Waals surface area contributed by atoms with Crippen molar-refractivity contribution in [3.8, 4) is 5.75 Å². The number of benzene rings is 2.